The van der Waals surface area contributed by atoms with Crippen LogP contribution < -0.4 is 5.32 Å². The first-order valence-corrected chi connectivity index (χ1v) is 5.62. The van der Waals surface area contributed by atoms with E-state index in [1.54, 1.807) is 0 Å². The minimum atomic E-state index is -0.00209. The van der Waals surface area contributed by atoms with Gasteiger partial charge < -0.3 is 10.2 Å². The molecular weight excluding hydrogens is 196 g/mol. The van der Waals surface area contributed by atoms with E-state index in [2.05, 4.69) is 10.2 Å². The molecule has 0 aliphatic carbocycles. The maximum atomic E-state index is 11.4. The first-order chi connectivity index (χ1) is 6.61. The number of likely N-dealkylation sites (tertiary alicyclic amines) is 1. The number of thiocarbonyl (C=S) groups is 1. The van der Waals surface area contributed by atoms with Gasteiger partial charge in [-0.2, -0.15) is 0 Å². The lowest BCUT2D eigenvalue weighted by Crippen LogP contribution is -2.46. The van der Waals surface area contributed by atoms with Crippen LogP contribution in [0.3, 0.4) is 0 Å². The highest BCUT2D eigenvalue weighted by Crippen LogP contribution is 2.08. The molecular formula is C10H18N2OS. The third-order valence-electron chi connectivity index (χ3n) is 2.40. The first kappa shape index (κ1) is 11.4. The number of hydrogen-bond acceptors (Lipinski definition) is 2. The number of hydrogen-bond donors (Lipinski definition) is 1. The maximum absolute atomic E-state index is 11.4. The van der Waals surface area contributed by atoms with Gasteiger partial charge in [0.2, 0.25) is 5.91 Å². The Kier molecular flexibility index (Phi) is 4.32. The third kappa shape index (κ3) is 3.25. The van der Waals surface area contributed by atoms with Crippen molar-refractivity contribution in [3.63, 3.8) is 0 Å². The standard InChI is InChI=1S/C10H18N2OS/c1-8(2)9(13)11-10(14)12-6-4-3-5-7-12/h8H,3-7H2,1-2H3,(H,11,13,14). The largest absolute Gasteiger partial charge is 0.349 e. The fourth-order valence-electron chi connectivity index (χ4n) is 1.43. The summed E-state index contributed by atoms with van der Waals surface area (Å²) in [6, 6.07) is 0. The van der Waals surface area contributed by atoms with E-state index in [1.165, 1.54) is 19.3 Å². The summed E-state index contributed by atoms with van der Waals surface area (Å²) in [4.78, 5) is 13.5. The molecule has 4 heteroatoms. The number of nitrogens with one attached hydrogen (secondary N) is 1. The highest BCUT2D eigenvalue weighted by molar-refractivity contribution is 7.80. The van der Waals surface area contributed by atoms with Crippen LogP contribution in [0, 0.1) is 5.92 Å². The molecule has 0 bridgehead atoms. The second-order valence-corrected chi connectivity index (χ2v) is 4.38. The molecule has 1 fully saturated rings. The smallest absolute Gasteiger partial charge is 0.228 e. The van der Waals surface area contributed by atoms with Crippen LogP contribution in [0.1, 0.15) is 33.1 Å². The highest BCUT2D eigenvalue weighted by atomic mass is 32.1. The number of carbonyl (C=O) groups excluding carboxylic acids is 1. The van der Waals surface area contributed by atoms with Gasteiger partial charge in [-0.1, -0.05) is 13.8 Å². The molecule has 1 N–H and O–H groups in total. The van der Waals surface area contributed by atoms with Gasteiger partial charge in [0.15, 0.2) is 5.11 Å². The van der Waals surface area contributed by atoms with E-state index in [-0.39, 0.29) is 11.8 Å². The first-order valence-electron chi connectivity index (χ1n) is 5.21. The molecule has 0 radical (unpaired) electrons. The van der Waals surface area contributed by atoms with Gasteiger partial charge in [-0.05, 0) is 31.5 Å². The van der Waals surface area contributed by atoms with Crippen LogP contribution in [0.5, 0.6) is 0 Å². The van der Waals surface area contributed by atoms with E-state index in [4.69, 9.17) is 12.2 Å². The van der Waals surface area contributed by atoms with Crippen molar-refractivity contribution in [2.75, 3.05) is 13.1 Å². The van der Waals surface area contributed by atoms with Crippen molar-refractivity contribution in [2.24, 2.45) is 5.92 Å². The van der Waals surface area contributed by atoms with Crippen molar-refractivity contribution >= 4 is 23.2 Å². The normalized spacial score (nSPS) is 16.9. The Morgan fingerprint density at radius 3 is 2.36 bits per heavy atom. The van der Waals surface area contributed by atoms with Crippen molar-refractivity contribution in [3.05, 3.63) is 0 Å². The molecule has 1 rings (SSSR count). The Labute approximate surface area is 90.8 Å². The summed E-state index contributed by atoms with van der Waals surface area (Å²) >= 11 is 5.16. The van der Waals surface area contributed by atoms with Crippen molar-refractivity contribution in [3.8, 4) is 0 Å². The van der Waals surface area contributed by atoms with Gasteiger partial charge in [0.1, 0.15) is 0 Å². The number of carbonyl (C=O) groups is 1. The fourth-order valence-corrected chi connectivity index (χ4v) is 1.71. The molecule has 1 aliphatic rings. The van der Waals surface area contributed by atoms with Crippen molar-refractivity contribution in [1.82, 2.24) is 10.2 Å². The molecule has 0 unspecified atom stereocenters. The molecule has 80 valence electrons. The minimum absolute atomic E-state index is 0.00209. The quantitative estimate of drug-likeness (QED) is 0.672. The van der Waals surface area contributed by atoms with E-state index in [1.807, 2.05) is 13.8 Å². The summed E-state index contributed by atoms with van der Waals surface area (Å²) in [6.45, 7) is 5.71. The van der Waals surface area contributed by atoms with E-state index in [0.29, 0.717) is 5.11 Å². The fraction of sp³-hybridized carbons (Fsp3) is 0.800. The second-order valence-electron chi connectivity index (χ2n) is 4.00. The molecule has 3 nitrogen and oxygen atoms in total. The Morgan fingerprint density at radius 2 is 1.86 bits per heavy atom. The summed E-state index contributed by atoms with van der Waals surface area (Å²) in [5.41, 5.74) is 0. The Hall–Kier alpha value is -0.640. The van der Waals surface area contributed by atoms with E-state index < -0.39 is 0 Å². The predicted octanol–water partition coefficient (Wildman–Crippen LogP) is 1.53. The minimum Gasteiger partial charge on any atom is -0.349 e. The average molecular weight is 214 g/mol. The SMILES string of the molecule is CC(C)C(=O)NC(=S)N1CCCCC1. The van der Waals surface area contributed by atoms with Crippen LogP contribution in [-0.4, -0.2) is 29.0 Å². The third-order valence-corrected chi connectivity index (χ3v) is 2.76. The molecule has 1 amide bonds. The maximum Gasteiger partial charge on any atom is 0.228 e. The number of amides is 1. The molecule has 1 saturated heterocycles. The topological polar surface area (TPSA) is 32.3 Å². The van der Waals surface area contributed by atoms with Gasteiger partial charge in [0, 0.05) is 19.0 Å². The summed E-state index contributed by atoms with van der Waals surface area (Å²) in [5.74, 6) is 0.0123. The lowest BCUT2D eigenvalue weighted by molar-refractivity contribution is -0.122. The molecule has 1 heterocycles. The predicted molar refractivity (Wildman–Crippen MR) is 61.0 cm³/mol. The molecule has 0 aromatic heterocycles. The Balaban J connectivity index is 2.37. The van der Waals surface area contributed by atoms with Crippen LogP contribution in [-0.2, 0) is 4.79 Å². The molecule has 14 heavy (non-hydrogen) atoms. The van der Waals surface area contributed by atoms with Crippen LogP contribution in [0.2, 0.25) is 0 Å². The van der Waals surface area contributed by atoms with Gasteiger partial charge >= 0.3 is 0 Å². The van der Waals surface area contributed by atoms with Crippen LogP contribution >= 0.6 is 12.2 Å². The van der Waals surface area contributed by atoms with Gasteiger partial charge in [-0.25, -0.2) is 0 Å². The van der Waals surface area contributed by atoms with E-state index in [9.17, 15) is 4.79 Å². The van der Waals surface area contributed by atoms with Gasteiger partial charge in [-0.15, -0.1) is 0 Å². The number of rotatable bonds is 1. The lowest BCUT2D eigenvalue weighted by Gasteiger charge is -2.29. The van der Waals surface area contributed by atoms with Crippen molar-refractivity contribution in [2.45, 2.75) is 33.1 Å². The monoisotopic (exact) mass is 214 g/mol. The molecule has 0 spiro atoms. The molecule has 1 aliphatic heterocycles. The molecule has 0 aromatic carbocycles. The van der Waals surface area contributed by atoms with Gasteiger partial charge in [0.05, 0.1) is 0 Å². The second kappa shape index (κ2) is 5.29. The zero-order chi connectivity index (χ0) is 10.6. The molecule has 0 saturated carbocycles. The highest BCUT2D eigenvalue weighted by Gasteiger charge is 2.16. The number of nitrogens with zero attached hydrogens (tertiary/aromatic N) is 1. The summed E-state index contributed by atoms with van der Waals surface area (Å²) in [6.07, 6.45) is 3.63. The van der Waals surface area contributed by atoms with Crippen molar-refractivity contribution in [1.29, 1.82) is 0 Å². The van der Waals surface area contributed by atoms with Gasteiger partial charge in [0.25, 0.3) is 0 Å². The van der Waals surface area contributed by atoms with Gasteiger partial charge in [-0.3, -0.25) is 4.79 Å². The van der Waals surface area contributed by atoms with E-state index in [0.717, 1.165) is 13.1 Å². The summed E-state index contributed by atoms with van der Waals surface area (Å²) in [5, 5.41) is 3.37. The van der Waals surface area contributed by atoms with Crippen LogP contribution in [0.15, 0.2) is 0 Å². The van der Waals surface area contributed by atoms with Crippen LogP contribution in [0.25, 0.3) is 0 Å². The lowest BCUT2D eigenvalue weighted by atomic mass is 10.1. The zero-order valence-corrected chi connectivity index (χ0v) is 9.69. The average Bonchev–Trinajstić information content (AvgIpc) is 2.19. The Bertz CT molecular complexity index is 222. The summed E-state index contributed by atoms with van der Waals surface area (Å²) in [7, 11) is 0. The zero-order valence-electron chi connectivity index (χ0n) is 8.88. The van der Waals surface area contributed by atoms with Crippen LogP contribution in [0.4, 0.5) is 0 Å². The van der Waals surface area contributed by atoms with E-state index >= 15 is 0 Å². The molecule has 0 atom stereocenters. The molecule has 0 aromatic rings. The Morgan fingerprint density at radius 1 is 1.29 bits per heavy atom. The summed E-state index contributed by atoms with van der Waals surface area (Å²) < 4.78 is 0. The van der Waals surface area contributed by atoms with Crippen molar-refractivity contribution < 1.29 is 4.79 Å². The number of piperidine rings is 1.